The van der Waals surface area contributed by atoms with Gasteiger partial charge in [0.15, 0.2) is 12.6 Å². The minimum absolute atomic E-state index is 0.226. The number of hydrogen-bond acceptors (Lipinski definition) is 13. The van der Waals surface area contributed by atoms with Gasteiger partial charge in [-0.15, -0.1) is 0 Å². The van der Waals surface area contributed by atoms with E-state index in [1.54, 1.807) is 0 Å². The van der Waals surface area contributed by atoms with Crippen LogP contribution < -0.4 is 5.32 Å². The standard InChI is InChI=1S/C33H63NO13/c1-3-5-7-9-10-11-13-14-16-22(37)21(34-25(38)17-15-12-8-6-4-2)20-44-32-30(43)28(41)31(24(19-36)46-32)47-33-29(42)27(40)26(39)23(18-35)45-33/h21-24,26-33,35-37,39-43H,3-20H2,1-2H3,(H,34,38). The molecule has 0 aliphatic carbocycles. The zero-order valence-electron chi connectivity index (χ0n) is 28.3. The third-order valence-electron chi connectivity index (χ3n) is 9.07. The Morgan fingerprint density at radius 1 is 0.681 bits per heavy atom. The monoisotopic (exact) mass is 681 g/mol. The van der Waals surface area contributed by atoms with Crippen LogP contribution in [-0.4, -0.2) is 140 Å². The van der Waals surface area contributed by atoms with Crippen molar-refractivity contribution in [1.29, 1.82) is 0 Å². The van der Waals surface area contributed by atoms with E-state index in [0.29, 0.717) is 12.8 Å². The number of amides is 1. The summed E-state index contributed by atoms with van der Waals surface area (Å²) < 4.78 is 22.4. The average molecular weight is 682 g/mol. The second-order valence-corrected chi connectivity index (χ2v) is 13.0. The first-order valence-electron chi connectivity index (χ1n) is 17.8. The van der Waals surface area contributed by atoms with Gasteiger partial charge in [-0.2, -0.15) is 0 Å². The molecule has 0 aromatic carbocycles. The van der Waals surface area contributed by atoms with Crippen molar-refractivity contribution in [3.05, 3.63) is 0 Å². The van der Waals surface area contributed by atoms with Gasteiger partial charge in [0.2, 0.25) is 5.91 Å². The van der Waals surface area contributed by atoms with Crippen LogP contribution in [-0.2, 0) is 23.7 Å². The molecule has 0 aromatic heterocycles. The van der Waals surface area contributed by atoms with Gasteiger partial charge in [-0.25, -0.2) is 0 Å². The highest BCUT2D eigenvalue weighted by Gasteiger charge is 2.50. The summed E-state index contributed by atoms with van der Waals surface area (Å²) in [6.07, 6.45) is -2.23. The van der Waals surface area contributed by atoms with E-state index in [1.165, 1.54) is 25.7 Å². The van der Waals surface area contributed by atoms with Crippen LogP contribution in [0.1, 0.15) is 110 Å². The van der Waals surface area contributed by atoms with E-state index in [0.717, 1.165) is 57.8 Å². The third-order valence-corrected chi connectivity index (χ3v) is 9.07. The molecular formula is C33H63NO13. The van der Waals surface area contributed by atoms with Crippen molar-refractivity contribution < 1.29 is 64.6 Å². The number of carbonyl (C=O) groups excluding carboxylic acids is 1. The summed E-state index contributed by atoms with van der Waals surface area (Å²) in [6, 6.07) is -0.814. The van der Waals surface area contributed by atoms with Crippen molar-refractivity contribution >= 4 is 5.91 Å². The van der Waals surface area contributed by atoms with Gasteiger partial charge in [0, 0.05) is 6.42 Å². The smallest absolute Gasteiger partial charge is 0.220 e. The van der Waals surface area contributed by atoms with Gasteiger partial charge >= 0.3 is 0 Å². The van der Waals surface area contributed by atoms with Crippen molar-refractivity contribution in [2.24, 2.45) is 0 Å². The van der Waals surface area contributed by atoms with Crippen molar-refractivity contribution in [1.82, 2.24) is 5.32 Å². The van der Waals surface area contributed by atoms with E-state index in [9.17, 15) is 45.6 Å². The van der Waals surface area contributed by atoms with Gasteiger partial charge < -0.3 is 65.1 Å². The molecule has 278 valence electrons. The molecule has 9 N–H and O–H groups in total. The SMILES string of the molecule is CCCCCCCCCCC(O)C(COC1OC(CO)C(OC2OC(CO)C(O)C(O)C2O)C(O)C1O)NC(=O)CCCCCCC. The number of unbranched alkanes of at least 4 members (excludes halogenated alkanes) is 11. The summed E-state index contributed by atoms with van der Waals surface area (Å²) in [5.41, 5.74) is 0. The molecule has 0 bridgehead atoms. The Morgan fingerprint density at radius 3 is 1.81 bits per heavy atom. The Hall–Kier alpha value is -1.01. The summed E-state index contributed by atoms with van der Waals surface area (Å²) in [4.78, 5) is 12.8. The highest BCUT2D eigenvalue weighted by Crippen LogP contribution is 2.29. The topological polar surface area (TPSA) is 228 Å². The fourth-order valence-electron chi connectivity index (χ4n) is 6.00. The molecule has 2 heterocycles. The van der Waals surface area contributed by atoms with Crippen LogP contribution in [0.5, 0.6) is 0 Å². The van der Waals surface area contributed by atoms with Crippen molar-refractivity contribution in [2.45, 2.75) is 184 Å². The largest absolute Gasteiger partial charge is 0.394 e. The molecular weight excluding hydrogens is 618 g/mol. The van der Waals surface area contributed by atoms with Gasteiger partial charge in [0.25, 0.3) is 0 Å². The lowest BCUT2D eigenvalue weighted by Crippen LogP contribution is -2.65. The zero-order chi connectivity index (χ0) is 34.8. The number of rotatable bonds is 24. The van der Waals surface area contributed by atoms with E-state index in [-0.39, 0.29) is 12.5 Å². The summed E-state index contributed by atoms with van der Waals surface area (Å²) in [6.45, 7) is 2.65. The molecule has 0 spiro atoms. The van der Waals surface area contributed by atoms with Crippen LogP contribution in [0.3, 0.4) is 0 Å². The second-order valence-electron chi connectivity index (χ2n) is 13.0. The van der Waals surface area contributed by atoms with Crippen LogP contribution in [0.25, 0.3) is 0 Å². The summed E-state index contributed by atoms with van der Waals surface area (Å²) in [5, 5.41) is 85.6. The molecule has 0 aromatic rings. The average Bonchev–Trinajstić information content (AvgIpc) is 3.06. The molecule has 2 saturated heterocycles. The number of ether oxygens (including phenoxy) is 4. The Balaban J connectivity index is 1.99. The van der Waals surface area contributed by atoms with Crippen LogP contribution in [0, 0.1) is 0 Å². The maximum atomic E-state index is 12.8. The molecule has 12 atom stereocenters. The highest BCUT2D eigenvalue weighted by atomic mass is 16.7. The molecule has 1 amide bonds. The van der Waals surface area contributed by atoms with Gasteiger partial charge in [0.1, 0.15) is 48.8 Å². The predicted molar refractivity (Wildman–Crippen MR) is 171 cm³/mol. The van der Waals surface area contributed by atoms with Crippen molar-refractivity contribution in [3.63, 3.8) is 0 Å². The minimum atomic E-state index is -1.77. The first kappa shape index (κ1) is 42.2. The summed E-state index contributed by atoms with van der Waals surface area (Å²) in [5.74, 6) is -0.226. The van der Waals surface area contributed by atoms with Crippen molar-refractivity contribution in [2.75, 3.05) is 19.8 Å². The van der Waals surface area contributed by atoms with Crippen LogP contribution in [0.2, 0.25) is 0 Å². The van der Waals surface area contributed by atoms with Gasteiger partial charge in [-0.3, -0.25) is 4.79 Å². The molecule has 12 unspecified atom stereocenters. The molecule has 2 aliphatic heterocycles. The second kappa shape index (κ2) is 23.4. The Kier molecular flexibility index (Phi) is 21.0. The highest BCUT2D eigenvalue weighted by molar-refractivity contribution is 5.76. The zero-order valence-corrected chi connectivity index (χ0v) is 28.3. The summed E-state index contributed by atoms with van der Waals surface area (Å²) in [7, 11) is 0. The number of aliphatic hydroxyl groups is 8. The van der Waals surface area contributed by atoms with E-state index >= 15 is 0 Å². The van der Waals surface area contributed by atoms with Crippen LogP contribution in [0.4, 0.5) is 0 Å². The molecule has 2 rings (SSSR count). The number of carbonyl (C=O) groups is 1. The number of hydrogen-bond donors (Lipinski definition) is 9. The lowest BCUT2D eigenvalue weighted by atomic mass is 9.97. The summed E-state index contributed by atoms with van der Waals surface area (Å²) >= 11 is 0. The normalized spacial score (nSPS) is 32.6. The molecule has 0 saturated carbocycles. The number of nitrogens with one attached hydrogen (secondary N) is 1. The Labute approximate surface area is 279 Å². The van der Waals surface area contributed by atoms with Crippen LogP contribution >= 0.6 is 0 Å². The Morgan fingerprint density at radius 2 is 1.21 bits per heavy atom. The van der Waals surface area contributed by atoms with E-state index in [4.69, 9.17) is 18.9 Å². The maximum Gasteiger partial charge on any atom is 0.220 e. The molecule has 2 aliphatic rings. The van der Waals surface area contributed by atoms with Gasteiger partial charge in [-0.1, -0.05) is 90.9 Å². The first-order valence-corrected chi connectivity index (χ1v) is 17.8. The van der Waals surface area contributed by atoms with E-state index in [1.807, 2.05) is 0 Å². The van der Waals surface area contributed by atoms with Gasteiger partial charge in [0.05, 0.1) is 32.0 Å². The molecule has 14 heteroatoms. The van der Waals surface area contributed by atoms with Crippen molar-refractivity contribution in [3.8, 4) is 0 Å². The lowest BCUT2D eigenvalue weighted by molar-refractivity contribution is -0.359. The third kappa shape index (κ3) is 14.0. The van der Waals surface area contributed by atoms with Crippen LogP contribution in [0.15, 0.2) is 0 Å². The molecule has 47 heavy (non-hydrogen) atoms. The maximum absolute atomic E-state index is 12.8. The minimum Gasteiger partial charge on any atom is -0.394 e. The first-order chi connectivity index (χ1) is 22.6. The lowest BCUT2D eigenvalue weighted by Gasteiger charge is -2.46. The molecule has 0 radical (unpaired) electrons. The predicted octanol–water partition coefficient (Wildman–Crippen LogP) is 0.364. The van der Waals surface area contributed by atoms with E-state index < -0.39 is 86.8 Å². The van der Waals surface area contributed by atoms with E-state index in [2.05, 4.69) is 19.2 Å². The molecule has 2 fully saturated rings. The van der Waals surface area contributed by atoms with Gasteiger partial charge in [-0.05, 0) is 12.8 Å². The molecule has 14 nitrogen and oxygen atoms in total. The fraction of sp³-hybridized carbons (Fsp3) is 0.970. The fourth-order valence-corrected chi connectivity index (χ4v) is 6.00. The quantitative estimate of drug-likeness (QED) is 0.0628. The number of aliphatic hydroxyl groups excluding tert-OH is 8. The Bertz CT molecular complexity index is 821.